The molecule has 0 amide bonds. The number of non-ortho nitro benzene ring substituents is 1. The van der Waals surface area contributed by atoms with Crippen LogP contribution in [0.15, 0.2) is 41.3 Å². The fraction of sp³-hybridized carbons (Fsp3) is 0.316. The van der Waals surface area contributed by atoms with E-state index in [2.05, 4.69) is 4.72 Å². The van der Waals surface area contributed by atoms with Crippen LogP contribution in [0.2, 0.25) is 0 Å². The Kier molecular flexibility index (Phi) is 6.65. The van der Waals surface area contributed by atoms with Crippen LogP contribution in [0.25, 0.3) is 0 Å². The molecule has 0 bridgehead atoms. The molecule has 0 atom stereocenters. The zero-order chi connectivity index (χ0) is 21.7. The van der Waals surface area contributed by atoms with Crippen molar-refractivity contribution in [2.24, 2.45) is 0 Å². The standard InChI is InChI=1S/C19H20N2O8S/c1-13-2-4-17(5-3-13)30(25,26)20-7-6-18(22)28-11-15-9-16(21(23)24)8-14-10-27-12-29-19(14)15/h2-5,8-9,20H,6-7,10-12H2,1H3. The third-order valence-electron chi connectivity index (χ3n) is 4.32. The predicted molar refractivity (Wildman–Crippen MR) is 104 cm³/mol. The van der Waals surface area contributed by atoms with Gasteiger partial charge in [-0.05, 0) is 19.1 Å². The van der Waals surface area contributed by atoms with E-state index in [9.17, 15) is 23.3 Å². The average molecular weight is 436 g/mol. The summed E-state index contributed by atoms with van der Waals surface area (Å²) < 4.78 is 42.4. The van der Waals surface area contributed by atoms with Gasteiger partial charge in [0.25, 0.3) is 5.69 Å². The van der Waals surface area contributed by atoms with Gasteiger partial charge >= 0.3 is 5.97 Å². The monoisotopic (exact) mass is 436 g/mol. The quantitative estimate of drug-likeness (QED) is 0.378. The van der Waals surface area contributed by atoms with Crippen molar-refractivity contribution in [3.05, 3.63) is 63.2 Å². The zero-order valence-corrected chi connectivity index (χ0v) is 16.9. The van der Waals surface area contributed by atoms with Gasteiger partial charge in [0.15, 0.2) is 6.79 Å². The summed E-state index contributed by atoms with van der Waals surface area (Å²) in [5.41, 5.74) is 1.60. The van der Waals surface area contributed by atoms with Gasteiger partial charge in [-0.15, -0.1) is 0 Å². The lowest BCUT2D eigenvalue weighted by Crippen LogP contribution is -2.26. The lowest BCUT2D eigenvalue weighted by Gasteiger charge is -2.20. The maximum absolute atomic E-state index is 12.2. The molecule has 3 rings (SSSR count). The highest BCUT2D eigenvalue weighted by molar-refractivity contribution is 7.89. The molecule has 2 aromatic carbocycles. The first kappa shape index (κ1) is 21.7. The number of aryl methyl sites for hydroxylation is 1. The van der Waals surface area contributed by atoms with E-state index >= 15 is 0 Å². The Hall–Kier alpha value is -3.02. The molecular weight excluding hydrogens is 416 g/mol. The Balaban J connectivity index is 1.57. The average Bonchev–Trinajstić information content (AvgIpc) is 2.72. The fourth-order valence-corrected chi connectivity index (χ4v) is 3.84. The van der Waals surface area contributed by atoms with E-state index in [1.54, 1.807) is 12.1 Å². The number of hydrogen-bond acceptors (Lipinski definition) is 8. The number of hydrogen-bond donors (Lipinski definition) is 1. The second-order valence-electron chi connectivity index (χ2n) is 6.58. The van der Waals surface area contributed by atoms with Crippen molar-refractivity contribution in [3.63, 3.8) is 0 Å². The number of esters is 1. The summed E-state index contributed by atoms with van der Waals surface area (Å²) in [6.45, 7) is 1.60. The van der Waals surface area contributed by atoms with Crippen molar-refractivity contribution in [3.8, 4) is 5.75 Å². The summed E-state index contributed by atoms with van der Waals surface area (Å²) >= 11 is 0. The first-order valence-corrected chi connectivity index (χ1v) is 10.5. The molecule has 0 fully saturated rings. The first-order valence-electron chi connectivity index (χ1n) is 8.99. The number of sulfonamides is 1. The van der Waals surface area contributed by atoms with E-state index in [4.69, 9.17) is 14.2 Å². The van der Waals surface area contributed by atoms with Crippen LogP contribution >= 0.6 is 0 Å². The minimum atomic E-state index is -3.73. The fourth-order valence-electron chi connectivity index (χ4n) is 2.81. The number of nitro benzene ring substituents is 1. The highest BCUT2D eigenvalue weighted by atomic mass is 32.2. The normalized spacial score (nSPS) is 13.2. The van der Waals surface area contributed by atoms with Crippen LogP contribution in [0.4, 0.5) is 5.69 Å². The predicted octanol–water partition coefficient (Wildman–Crippen LogP) is 2.18. The van der Waals surface area contributed by atoms with Crippen molar-refractivity contribution in [2.75, 3.05) is 13.3 Å². The number of rotatable bonds is 8. The minimum Gasteiger partial charge on any atom is -0.467 e. The zero-order valence-electron chi connectivity index (χ0n) is 16.1. The number of benzene rings is 2. The molecule has 10 nitrogen and oxygen atoms in total. The van der Waals surface area contributed by atoms with Gasteiger partial charge < -0.3 is 14.2 Å². The molecule has 0 aromatic heterocycles. The molecule has 1 N–H and O–H groups in total. The molecule has 0 unspecified atom stereocenters. The largest absolute Gasteiger partial charge is 0.467 e. The number of ether oxygens (including phenoxy) is 3. The molecule has 1 aliphatic heterocycles. The molecule has 160 valence electrons. The molecule has 0 spiro atoms. The van der Waals surface area contributed by atoms with E-state index in [0.29, 0.717) is 16.9 Å². The van der Waals surface area contributed by atoms with Crippen LogP contribution < -0.4 is 9.46 Å². The molecular formula is C19H20N2O8S. The molecule has 0 aliphatic carbocycles. The molecule has 11 heteroatoms. The second kappa shape index (κ2) is 9.20. The van der Waals surface area contributed by atoms with E-state index in [1.165, 1.54) is 24.3 Å². The van der Waals surface area contributed by atoms with E-state index in [0.717, 1.165) is 5.56 Å². The second-order valence-corrected chi connectivity index (χ2v) is 8.35. The third-order valence-corrected chi connectivity index (χ3v) is 5.80. The van der Waals surface area contributed by atoms with Crippen LogP contribution in [-0.4, -0.2) is 32.6 Å². The number of nitro groups is 1. The van der Waals surface area contributed by atoms with Crippen LogP contribution in [0, 0.1) is 17.0 Å². The van der Waals surface area contributed by atoms with Crippen LogP contribution in [0.5, 0.6) is 5.75 Å². The van der Waals surface area contributed by atoms with Gasteiger partial charge in [0, 0.05) is 29.8 Å². The maximum Gasteiger partial charge on any atom is 0.307 e. The highest BCUT2D eigenvalue weighted by Crippen LogP contribution is 2.33. The summed E-state index contributed by atoms with van der Waals surface area (Å²) in [6, 6.07) is 8.93. The van der Waals surface area contributed by atoms with Gasteiger partial charge in [-0.2, -0.15) is 0 Å². The number of carbonyl (C=O) groups is 1. The van der Waals surface area contributed by atoms with Gasteiger partial charge in [-0.3, -0.25) is 14.9 Å². The van der Waals surface area contributed by atoms with Gasteiger partial charge in [-0.1, -0.05) is 17.7 Å². The Bertz CT molecular complexity index is 1050. The Labute approximate surface area is 173 Å². The molecule has 0 saturated carbocycles. The number of carbonyl (C=O) groups excluding carboxylic acids is 1. The molecule has 0 saturated heterocycles. The Morgan fingerprint density at radius 2 is 2.00 bits per heavy atom. The van der Waals surface area contributed by atoms with E-state index in [-0.39, 0.29) is 43.6 Å². The number of nitrogens with one attached hydrogen (secondary N) is 1. The summed E-state index contributed by atoms with van der Waals surface area (Å²) in [5, 5.41) is 11.1. The highest BCUT2D eigenvalue weighted by Gasteiger charge is 2.22. The van der Waals surface area contributed by atoms with Crippen molar-refractivity contribution in [2.45, 2.75) is 31.5 Å². The van der Waals surface area contributed by atoms with Gasteiger partial charge in [-0.25, -0.2) is 13.1 Å². The van der Waals surface area contributed by atoms with Gasteiger partial charge in [0.2, 0.25) is 10.0 Å². The third kappa shape index (κ3) is 5.32. The Morgan fingerprint density at radius 1 is 1.27 bits per heavy atom. The molecule has 2 aromatic rings. The van der Waals surface area contributed by atoms with Crippen molar-refractivity contribution in [1.82, 2.24) is 4.72 Å². The topological polar surface area (TPSA) is 134 Å². The van der Waals surface area contributed by atoms with Gasteiger partial charge in [0.1, 0.15) is 12.4 Å². The molecule has 1 aliphatic rings. The molecule has 1 heterocycles. The van der Waals surface area contributed by atoms with Crippen molar-refractivity contribution < 1.29 is 32.3 Å². The van der Waals surface area contributed by atoms with Gasteiger partial charge in [0.05, 0.1) is 22.8 Å². The molecule has 0 radical (unpaired) electrons. The SMILES string of the molecule is Cc1ccc(S(=O)(=O)NCCC(=O)OCc2cc([N+](=O)[O-])cc3c2OCOC3)cc1. The van der Waals surface area contributed by atoms with E-state index < -0.39 is 20.9 Å². The number of nitrogens with zero attached hydrogens (tertiary/aromatic N) is 1. The van der Waals surface area contributed by atoms with E-state index in [1.807, 2.05) is 6.92 Å². The molecule has 30 heavy (non-hydrogen) atoms. The summed E-state index contributed by atoms with van der Waals surface area (Å²) in [7, 11) is -3.73. The first-order chi connectivity index (χ1) is 14.3. The van der Waals surface area contributed by atoms with Crippen LogP contribution in [0.1, 0.15) is 23.1 Å². The minimum absolute atomic E-state index is 0.00739. The lowest BCUT2D eigenvalue weighted by atomic mass is 10.1. The van der Waals surface area contributed by atoms with Crippen molar-refractivity contribution >= 4 is 21.7 Å². The van der Waals surface area contributed by atoms with Crippen LogP contribution in [-0.2, 0) is 37.5 Å². The van der Waals surface area contributed by atoms with Crippen LogP contribution in [0.3, 0.4) is 0 Å². The van der Waals surface area contributed by atoms with Crippen molar-refractivity contribution in [1.29, 1.82) is 0 Å². The Morgan fingerprint density at radius 3 is 2.70 bits per heavy atom. The smallest absolute Gasteiger partial charge is 0.307 e. The lowest BCUT2D eigenvalue weighted by molar-refractivity contribution is -0.385. The summed E-state index contributed by atoms with van der Waals surface area (Å²) in [5.74, 6) is -0.270. The maximum atomic E-state index is 12.2. The summed E-state index contributed by atoms with van der Waals surface area (Å²) in [4.78, 5) is 22.7. The summed E-state index contributed by atoms with van der Waals surface area (Å²) in [6.07, 6.45) is -0.202. The number of fused-ring (bicyclic) bond motifs is 1.